The Bertz CT molecular complexity index is 480. The van der Waals surface area contributed by atoms with Crippen LogP contribution in [0.4, 0.5) is 0 Å². The molecule has 0 radical (unpaired) electrons. The summed E-state index contributed by atoms with van der Waals surface area (Å²) in [5.41, 5.74) is 1.73. The van der Waals surface area contributed by atoms with Crippen molar-refractivity contribution in [2.24, 2.45) is 5.92 Å². The van der Waals surface area contributed by atoms with Crippen LogP contribution < -0.4 is 0 Å². The maximum atomic E-state index is 12.3. The first-order valence-corrected chi connectivity index (χ1v) is 7.43. The van der Waals surface area contributed by atoms with E-state index in [0.717, 1.165) is 31.3 Å². The Morgan fingerprint density at radius 3 is 2.60 bits per heavy atom. The van der Waals surface area contributed by atoms with Crippen molar-refractivity contribution in [2.45, 2.75) is 52.1 Å². The zero-order valence-corrected chi connectivity index (χ0v) is 12.7. The molecule has 0 bridgehead atoms. The minimum absolute atomic E-state index is 0.141. The van der Waals surface area contributed by atoms with Gasteiger partial charge in [0.15, 0.2) is 0 Å². The van der Waals surface area contributed by atoms with Crippen LogP contribution in [-0.4, -0.2) is 11.6 Å². The highest BCUT2D eigenvalue weighted by molar-refractivity contribution is 5.89. The van der Waals surface area contributed by atoms with E-state index in [0.29, 0.717) is 5.92 Å². The van der Waals surface area contributed by atoms with Gasteiger partial charge in [-0.15, -0.1) is 0 Å². The summed E-state index contributed by atoms with van der Waals surface area (Å²) in [5.74, 6) is 0.152. The van der Waals surface area contributed by atoms with E-state index in [1.54, 1.807) is 0 Å². The minimum Gasteiger partial charge on any atom is -0.457 e. The summed E-state index contributed by atoms with van der Waals surface area (Å²) in [5, 5.41) is 0. The molecule has 2 heteroatoms. The number of rotatable bonds is 3. The number of carbonyl (C=O) groups is 1. The van der Waals surface area contributed by atoms with Crippen molar-refractivity contribution in [3.05, 3.63) is 47.5 Å². The Balaban J connectivity index is 2.09. The highest BCUT2D eigenvalue weighted by Crippen LogP contribution is 2.30. The Morgan fingerprint density at radius 2 is 1.95 bits per heavy atom. The Hall–Kier alpha value is -1.57. The predicted octanol–water partition coefficient (Wildman–Crippen LogP) is 4.30. The van der Waals surface area contributed by atoms with Crippen molar-refractivity contribution in [3.63, 3.8) is 0 Å². The van der Waals surface area contributed by atoms with Crippen molar-refractivity contribution in [1.82, 2.24) is 0 Å². The lowest BCUT2D eigenvalue weighted by Crippen LogP contribution is -2.28. The maximum absolute atomic E-state index is 12.3. The quantitative estimate of drug-likeness (QED) is 0.767. The van der Waals surface area contributed by atoms with Crippen molar-refractivity contribution in [1.29, 1.82) is 0 Å². The minimum atomic E-state index is -0.424. The number of ether oxygens (including phenoxy) is 1. The van der Waals surface area contributed by atoms with Crippen LogP contribution in [0.2, 0.25) is 0 Å². The average Bonchev–Trinajstić information content (AvgIpc) is 2.38. The van der Waals surface area contributed by atoms with Gasteiger partial charge >= 0.3 is 5.97 Å². The molecule has 0 saturated carbocycles. The van der Waals surface area contributed by atoms with E-state index in [4.69, 9.17) is 4.74 Å². The van der Waals surface area contributed by atoms with E-state index in [1.165, 1.54) is 5.56 Å². The van der Waals surface area contributed by atoms with Gasteiger partial charge < -0.3 is 4.74 Å². The molecule has 1 unspecified atom stereocenters. The first-order valence-electron chi connectivity index (χ1n) is 7.43. The topological polar surface area (TPSA) is 26.3 Å². The monoisotopic (exact) mass is 272 g/mol. The highest BCUT2D eigenvalue weighted by Gasteiger charge is 2.27. The van der Waals surface area contributed by atoms with Gasteiger partial charge in [0.1, 0.15) is 5.60 Å². The summed E-state index contributed by atoms with van der Waals surface area (Å²) in [6, 6.07) is 10.4. The smallest absolute Gasteiger partial charge is 0.334 e. The maximum Gasteiger partial charge on any atom is 0.334 e. The zero-order valence-electron chi connectivity index (χ0n) is 12.7. The molecule has 108 valence electrons. The van der Waals surface area contributed by atoms with Crippen LogP contribution in [0.25, 0.3) is 0 Å². The molecule has 0 saturated heterocycles. The van der Waals surface area contributed by atoms with E-state index in [1.807, 2.05) is 26.8 Å². The number of allylic oxidation sites excluding steroid dienone is 1. The van der Waals surface area contributed by atoms with E-state index in [-0.39, 0.29) is 5.97 Å². The van der Waals surface area contributed by atoms with Crippen LogP contribution in [0.3, 0.4) is 0 Å². The molecule has 20 heavy (non-hydrogen) atoms. The molecule has 2 nitrogen and oxygen atoms in total. The van der Waals surface area contributed by atoms with Crippen molar-refractivity contribution >= 4 is 5.97 Å². The second-order valence-electron chi connectivity index (χ2n) is 6.48. The van der Waals surface area contributed by atoms with Crippen LogP contribution in [0.5, 0.6) is 0 Å². The molecular formula is C18H24O2. The fraction of sp³-hybridized carbons (Fsp3) is 0.500. The molecule has 0 aliphatic heterocycles. The molecular weight excluding hydrogens is 248 g/mol. The third-order valence-corrected chi connectivity index (χ3v) is 3.52. The van der Waals surface area contributed by atoms with Crippen LogP contribution >= 0.6 is 0 Å². The van der Waals surface area contributed by atoms with Gasteiger partial charge in [0.2, 0.25) is 0 Å². The standard InChI is InChI=1S/C18H24O2/c1-18(2,3)20-17(19)16-12-8-7-11-15(16)13-14-9-5-4-6-10-14/h4-6,9-10,12,15H,7-8,11,13H2,1-3H3. The normalized spacial score (nSPS) is 19.4. The van der Waals surface area contributed by atoms with Gasteiger partial charge in [0, 0.05) is 5.57 Å². The van der Waals surface area contributed by atoms with Gasteiger partial charge in [0.25, 0.3) is 0 Å². The van der Waals surface area contributed by atoms with Crippen molar-refractivity contribution in [2.75, 3.05) is 0 Å². The summed E-state index contributed by atoms with van der Waals surface area (Å²) in [6.07, 6.45) is 6.21. The lowest BCUT2D eigenvalue weighted by Gasteiger charge is -2.27. The summed E-state index contributed by atoms with van der Waals surface area (Å²) in [7, 11) is 0. The van der Waals surface area contributed by atoms with Crippen LogP contribution in [0.15, 0.2) is 42.0 Å². The Labute approximate surface area is 121 Å². The largest absolute Gasteiger partial charge is 0.457 e. The summed E-state index contributed by atoms with van der Waals surface area (Å²) in [6.45, 7) is 5.75. The molecule has 0 aromatic heterocycles. The lowest BCUT2D eigenvalue weighted by molar-refractivity contribution is -0.150. The second kappa shape index (κ2) is 6.25. The van der Waals surface area contributed by atoms with E-state index in [9.17, 15) is 4.79 Å². The summed E-state index contributed by atoms with van der Waals surface area (Å²) in [4.78, 5) is 12.3. The van der Waals surface area contributed by atoms with Crippen molar-refractivity contribution in [3.8, 4) is 0 Å². The number of hydrogen-bond acceptors (Lipinski definition) is 2. The van der Waals surface area contributed by atoms with Gasteiger partial charge in [-0.1, -0.05) is 36.4 Å². The van der Waals surface area contributed by atoms with Crippen LogP contribution in [-0.2, 0) is 16.0 Å². The lowest BCUT2D eigenvalue weighted by atomic mass is 9.83. The highest BCUT2D eigenvalue weighted by atomic mass is 16.6. The zero-order chi connectivity index (χ0) is 14.6. The molecule has 0 N–H and O–H groups in total. The van der Waals surface area contributed by atoms with Gasteiger partial charge in [-0.25, -0.2) is 4.79 Å². The number of benzene rings is 1. The average molecular weight is 272 g/mol. The third-order valence-electron chi connectivity index (χ3n) is 3.52. The van der Waals surface area contributed by atoms with Gasteiger partial charge in [0.05, 0.1) is 0 Å². The van der Waals surface area contributed by atoms with Gasteiger partial charge in [-0.3, -0.25) is 0 Å². The van der Waals surface area contributed by atoms with E-state index in [2.05, 4.69) is 30.3 Å². The number of hydrogen-bond donors (Lipinski definition) is 0. The van der Waals surface area contributed by atoms with Gasteiger partial charge in [-0.05, 0) is 57.9 Å². The Kier molecular flexibility index (Phi) is 4.64. The molecule has 0 amide bonds. The Morgan fingerprint density at radius 1 is 1.25 bits per heavy atom. The molecule has 1 aliphatic rings. The fourth-order valence-electron chi connectivity index (χ4n) is 2.64. The van der Waals surface area contributed by atoms with Gasteiger partial charge in [-0.2, -0.15) is 0 Å². The SMILES string of the molecule is CC(C)(C)OC(=O)C1=CCCCC1Cc1ccccc1. The first-order chi connectivity index (χ1) is 9.46. The molecule has 1 aliphatic carbocycles. The predicted molar refractivity (Wildman–Crippen MR) is 81.4 cm³/mol. The summed E-state index contributed by atoms with van der Waals surface area (Å²) >= 11 is 0. The van der Waals surface area contributed by atoms with E-state index < -0.39 is 5.60 Å². The molecule has 1 aromatic rings. The third kappa shape index (κ3) is 4.22. The van der Waals surface area contributed by atoms with E-state index >= 15 is 0 Å². The van der Waals surface area contributed by atoms with Crippen LogP contribution in [0, 0.1) is 5.92 Å². The number of carbonyl (C=O) groups excluding carboxylic acids is 1. The number of esters is 1. The fourth-order valence-corrected chi connectivity index (χ4v) is 2.64. The molecule has 0 fully saturated rings. The molecule has 2 rings (SSSR count). The molecule has 1 aromatic carbocycles. The second-order valence-corrected chi connectivity index (χ2v) is 6.48. The molecule has 0 spiro atoms. The molecule has 1 atom stereocenters. The summed E-state index contributed by atoms with van der Waals surface area (Å²) < 4.78 is 5.54. The molecule has 0 heterocycles. The van der Waals surface area contributed by atoms with Crippen LogP contribution in [0.1, 0.15) is 45.6 Å². The first kappa shape index (κ1) is 14.8. The van der Waals surface area contributed by atoms with Crippen molar-refractivity contribution < 1.29 is 9.53 Å².